The molecular formula is C105H96BBrCl2N6O2P4Pd. The Bertz CT molecular complexity index is 5220. The third-order valence-corrected chi connectivity index (χ3v) is 30.9. The van der Waals surface area contributed by atoms with Gasteiger partial charge in [-0.2, -0.15) is 10.2 Å². The van der Waals surface area contributed by atoms with E-state index in [2.05, 4.69) is 412 Å². The van der Waals surface area contributed by atoms with Crippen LogP contribution in [0.5, 0.6) is 0 Å². The first kappa shape index (κ1) is 92.5. The van der Waals surface area contributed by atoms with Gasteiger partial charge < -0.3 is 9.31 Å². The molecule has 0 aliphatic carbocycles. The minimum atomic E-state index is -0.446. The van der Waals surface area contributed by atoms with E-state index in [4.69, 9.17) is 32.5 Å². The van der Waals surface area contributed by atoms with Crippen LogP contribution in [0.15, 0.2) is 454 Å². The molecule has 0 radical (unpaired) electrons. The fourth-order valence-electron chi connectivity index (χ4n) is 13.3. The van der Waals surface area contributed by atoms with Gasteiger partial charge in [-0.3, -0.25) is 9.36 Å². The number of fused-ring (bicyclic) bond motifs is 2. The second kappa shape index (κ2) is 46.8. The van der Waals surface area contributed by atoms with Gasteiger partial charge in [0.25, 0.3) is 0 Å². The van der Waals surface area contributed by atoms with Crippen molar-refractivity contribution in [1.29, 1.82) is 0 Å². The van der Waals surface area contributed by atoms with E-state index in [1.54, 1.807) is 12.4 Å². The average Bonchev–Trinajstić information content (AvgIpc) is 1.62. The minimum absolute atomic E-state index is 0. The molecule has 17 heteroatoms. The molecule has 18 aromatic rings. The van der Waals surface area contributed by atoms with E-state index in [1.165, 1.54) is 69.0 Å². The Morgan fingerprint density at radius 2 is 0.541 bits per heavy atom. The average molecular weight is 1870 g/mol. The van der Waals surface area contributed by atoms with E-state index >= 15 is 0 Å². The number of pyridine rings is 2. The number of benzene rings is 14. The molecule has 1 fully saturated rings. The van der Waals surface area contributed by atoms with Crippen LogP contribution < -0.4 is 69.1 Å². The number of rotatable bonds is 14. The third kappa shape index (κ3) is 25.2. The van der Waals surface area contributed by atoms with Crippen molar-refractivity contribution >= 4 is 169 Å². The maximum atomic E-state index is 6.08. The Morgan fingerprint density at radius 3 is 0.795 bits per heavy atom. The molecule has 0 atom stereocenters. The van der Waals surface area contributed by atoms with Gasteiger partial charge in [-0.15, -0.1) is 0 Å². The fraction of sp³-hybridized carbons (Fsp3) is 0.0857. The summed E-state index contributed by atoms with van der Waals surface area (Å²) in [5.41, 5.74) is 4.35. The molecule has 0 bridgehead atoms. The largest absolute Gasteiger partial charge is 0.498 e. The molecule has 19 rings (SSSR count). The number of aromatic nitrogens is 6. The van der Waals surface area contributed by atoms with Gasteiger partial charge in [0.15, 0.2) is 0 Å². The van der Waals surface area contributed by atoms with Crippen LogP contribution in [0.25, 0.3) is 32.9 Å². The van der Waals surface area contributed by atoms with Crippen LogP contribution in [0.1, 0.15) is 35.1 Å². The SMILES string of the molecule is C.CC1(C)OB(c2cccnc2Cl)OC1(C)C.Cn1ncc2cc(-c3cccnc3Cl)ccc21.Cn1ncc2cc(Br)ccc21.[Pd].c1ccc(P(c2ccccc2)c2ccccc2)cc1.c1ccc(P(c2ccccc2)c2ccccc2)cc1.c1ccc(P(c2ccccc2)c2ccccc2)cc1.c1ccc(P(c2ccccc2)c2ccccc2)cc1. The summed E-state index contributed by atoms with van der Waals surface area (Å²) >= 11 is 15.5. The molecule has 8 nitrogen and oxygen atoms in total. The quantitative estimate of drug-likeness (QED) is 0.0613. The van der Waals surface area contributed by atoms with E-state index in [0.29, 0.717) is 10.3 Å². The third-order valence-electron chi connectivity index (χ3n) is 20.0. The first-order chi connectivity index (χ1) is 58.7. The molecule has 0 unspecified atom stereocenters. The van der Waals surface area contributed by atoms with Gasteiger partial charge >= 0.3 is 7.12 Å². The molecule has 1 aliphatic rings. The Kier molecular flexibility index (Phi) is 35.5. The van der Waals surface area contributed by atoms with Gasteiger partial charge in [0, 0.05) is 73.2 Å². The second-order valence-corrected chi connectivity index (χ2v) is 39.2. The van der Waals surface area contributed by atoms with Crippen LogP contribution in [-0.2, 0) is 43.8 Å². The Labute approximate surface area is 757 Å². The smallest absolute Gasteiger partial charge is 0.399 e. The summed E-state index contributed by atoms with van der Waals surface area (Å²) in [6.45, 7) is 8.04. The van der Waals surface area contributed by atoms with Crippen molar-refractivity contribution < 1.29 is 29.7 Å². The van der Waals surface area contributed by atoms with E-state index in [-0.39, 0.29) is 39.1 Å². The maximum Gasteiger partial charge on any atom is 0.498 e. The van der Waals surface area contributed by atoms with Crippen molar-refractivity contribution in [2.45, 2.75) is 46.3 Å². The zero-order valence-corrected chi connectivity index (χ0v) is 76.3. The van der Waals surface area contributed by atoms with Gasteiger partial charge in [0.1, 0.15) is 10.3 Å². The Balaban J connectivity index is 0.000000139. The molecule has 5 heterocycles. The van der Waals surface area contributed by atoms with Crippen LogP contribution in [0.3, 0.4) is 0 Å². The van der Waals surface area contributed by atoms with Crippen LogP contribution in [0, 0.1) is 0 Å². The minimum Gasteiger partial charge on any atom is -0.399 e. The molecule has 0 spiro atoms. The van der Waals surface area contributed by atoms with E-state index in [0.717, 1.165) is 37.5 Å². The predicted octanol–water partition coefficient (Wildman–Crippen LogP) is 22.1. The zero-order chi connectivity index (χ0) is 83.3. The number of hydrogen-bond donors (Lipinski definition) is 0. The fourth-order valence-corrected chi connectivity index (χ4v) is 23.4. The Morgan fingerprint density at radius 1 is 0.303 bits per heavy atom. The summed E-state index contributed by atoms with van der Waals surface area (Å²) < 4.78 is 16.6. The summed E-state index contributed by atoms with van der Waals surface area (Å²) in [6.07, 6.45) is 7.05. The molecule has 0 N–H and O–H groups in total. The number of nitrogens with zero attached hydrogens (tertiary/aromatic N) is 6. The molecule has 1 saturated heterocycles. The maximum absolute atomic E-state index is 6.08. The van der Waals surface area contributed by atoms with Gasteiger partial charge in [0.2, 0.25) is 0 Å². The first-order valence-corrected chi connectivity index (χ1v) is 46.4. The van der Waals surface area contributed by atoms with Gasteiger partial charge in [0.05, 0.1) is 34.6 Å². The van der Waals surface area contributed by atoms with Crippen molar-refractivity contribution in [3.63, 3.8) is 0 Å². The molecule has 0 amide bonds. The number of halogens is 3. The van der Waals surface area contributed by atoms with Gasteiger partial charge in [-0.25, -0.2) is 9.97 Å². The molecular weight excluding hydrogens is 1770 g/mol. The molecule has 122 heavy (non-hydrogen) atoms. The normalized spacial score (nSPS) is 12.0. The van der Waals surface area contributed by atoms with Crippen LogP contribution >= 0.6 is 70.8 Å². The number of aryl methyl sites for hydroxylation is 2. The monoisotopic (exact) mass is 1860 g/mol. The van der Waals surface area contributed by atoms with Crippen molar-refractivity contribution in [1.82, 2.24) is 29.5 Å². The standard InChI is InChI=1S/4C18H15P.C13H10ClN3.C11H15BClNO2.C8H7BrN2.CH4.Pd/c4*1-4-10-16(11-5-1)19(17-12-6-2-7-13-17)18-14-8-3-9-15-18;1-17-12-5-4-9(7-10(12)8-16-17)11-3-2-6-15-13(11)14;1-10(2)11(3,4)16-12(15-10)8-6-5-7-14-9(8)13;1-11-8-3-2-7(9)4-6(8)5-10-11;;/h4*1-15H;2-8H,1H3;5-7H,1-4H3;2-5H,1H3;1H4;. The summed E-state index contributed by atoms with van der Waals surface area (Å²) in [5.74, 6) is 0. The molecule has 612 valence electrons. The molecule has 4 aromatic heterocycles. The van der Waals surface area contributed by atoms with Crippen LogP contribution in [-0.4, -0.2) is 47.8 Å². The van der Waals surface area contributed by atoms with Crippen molar-refractivity contribution in [3.05, 3.63) is 464 Å². The van der Waals surface area contributed by atoms with Gasteiger partial charge in [-0.05, 0) is 177 Å². The summed E-state index contributed by atoms with van der Waals surface area (Å²) in [7, 11) is 1.65. The van der Waals surface area contributed by atoms with E-state index < -0.39 is 38.8 Å². The summed E-state index contributed by atoms with van der Waals surface area (Å²) in [5, 5.41) is 28.4. The molecule has 14 aromatic carbocycles. The summed E-state index contributed by atoms with van der Waals surface area (Å²) in [6, 6.07) is 149. The molecule has 0 saturated carbocycles. The summed E-state index contributed by atoms with van der Waals surface area (Å²) in [4.78, 5) is 8.11. The molecule has 1 aliphatic heterocycles. The van der Waals surface area contributed by atoms with E-state index in [1.807, 2.05) is 112 Å². The van der Waals surface area contributed by atoms with E-state index in [9.17, 15) is 0 Å². The van der Waals surface area contributed by atoms with Crippen molar-refractivity contribution in [2.24, 2.45) is 14.1 Å². The number of hydrogen-bond acceptors (Lipinski definition) is 6. The predicted molar refractivity (Wildman–Crippen MR) is 530 cm³/mol. The van der Waals surface area contributed by atoms with Crippen LogP contribution in [0.2, 0.25) is 10.3 Å². The Hall–Kier alpha value is -10.3. The first-order valence-electron chi connectivity index (χ1n) is 39.5. The van der Waals surface area contributed by atoms with Crippen molar-refractivity contribution in [2.75, 3.05) is 0 Å². The zero-order valence-electron chi connectivity index (χ0n) is 68.0. The van der Waals surface area contributed by atoms with Crippen molar-refractivity contribution in [3.8, 4) is 11.1 Å². The van der Waals surface area contributed by atoms with Crippen LogP contribution in [0.4, 0.5) is 0 Å². The second-order valence-electron chi connectivity index (χ2n) is 28.7. The van der Waals surface area contributed by atoms with Gasteiger partial charge in [-0.1, -0.05) is 423 Å². The topological polar surface area (TPSA) is 79.9 Å².